The van der Waals surface area contributed by atoms with E-state index in [1.165, 1.54) is 36.8 Å². The highest BCUT2D eigenvalue weighted by atomic mass is 14.9. The summed E-state index contributed by atoms with van der Waals surface area (Å²) in [5.74, 6) is 0.734. The van der Waals surface area contributed by atoms with Crippen LogP contribution in [-0.2, 0) is 0 Å². The molecule has 2 nitrogen and oxygen atoms in total. The number of fused-ring (bicyclic) bond motifs is 1. The second kappa shape index (κ2) is 5.67. The normalized spacial score (nSPS) is 23.2. The second-order valence-corrected chi connectivity index (χ2v) is 7.38. The average Bonchev–Trinajstić information content (AvgIpc) is 2.47. The summed E-state index contributed by atoms with van der Waals surface area (Å²) in [5.41, 5.74) is 2.67. The van der Waals surface area contributed by atoms with Gasteiger partial charge in [-0.15, -0.1) is 0 Å². The zero-order valence-electron chi connectivity index (χ0n) is 13.4. The van der Waals surface area contributed by atoms with Crippen molar-refractivity contribution in [2.45, 2.75) is 52.5 Å². The molecule has 0 radical (unpaired) electrons. The molecule has 1 aliphatic rings. The van der Waals surface area contributed by atoms with Crippen LogP contribution in [0.25, 0.3) is 10.9 Å². The molecule has 1 heterocycles. The van der Waals surface area contributed by atoms with Gasteiger partial charge in [0.25, 0.3) is 0 Å². The monoisotopic (exact) mass is 282 g/mol. The third-order valence-electron chi connectivity index (χ3n) is 4.86. The fourth-order valence-electron chi connectivity index (χ4n) is 3.77. The van der Waals surface area contributed by atoms with Gasteiger partial charge in [-0.05, 0) is 48.4 Å². The van der Waals surface area contributed by atoms with Crippen LogP contribution >= 0.6 is 0 Å². The highest BCUT2D eigenvalue weighted by molar-refractivity contribution is 5.91. The Bertz CT molecular complexity index is 607. The van der Waals surface area contributed by atoms with E-state index in [-0.39, 0.29) is 0 Å². The maximum Gasteiger partial charge on any atom is 0.0722 e. The lowest BCUT2D eigenvalue weighted by Crippen LogP contribution is -2.39. The first-order valence-electron chi connectivity index (χ1n) is 8.16. The molecule has 3 rings (SSSR count). The summed E-state index contributed by atoms with van der Waals surface area (Å²) in [6.07, 6.45) is 7.19. The van der Waals surface area contributed by atoms with E-state index in [1.807, 2.05) is 12.3 Å². The minimum Gasteiger partial charge on any atom is -0.381 e. The zero-order chi connectivity index (χ0) is 14.9. The van der Waals surface area contributed by atoms with Gasteiger partial charge in [0.05, 0.1) is 5.52 Å². The molecule has 112 valence electrons. The molecule has 1 N–H and O–H groups in total. The second-order valence-electron chi connectivity index (χ2n) is 7.38. The van der Waals surface area contributed by atoms with Gasteiger partial charge in [-0.2, -0.15) is 0 Å². The quantitative estimate of drug-likeness (QED) is 0.813. The summed E-state index contributed by atoms with van der Waals surface area (Å²) < 4.78 is 0. The summed E-state index contributed by atoms with van der Waals surface area (Å²) in [7, 11) is 0. The molecule has 1 saturated carbocycles. The number of hydrogen-bond donors (Lipinski definition) is 1. The number of nitrogens with zero attached hydrogens (tertiary/aromatic N) is 1. The molecule has 0 saturated heterocycles. The van der Waals surface area contributed by atoms with Gasteiger partial charge in [-0.3, -0.25) is 4.98 Å². The number of benzene rings is 1. The Morgan fingerprint density at radius 3 is 2.67 bits per heavy atom. The first kappa shape index (κ1) is 14.4. The van der Waals surface area contributed by atoms with Crippen molar-refractivity contribution in [3.63, 3.8) is 0 Å². The van der Waals surface area contributed by atoms with E-state index in [1.54, 1.807) is 0 Å². The predicted octanol–water partition coefficient (Wildman–Crippen LogP) is 5.25. The first-order chi connectivity index (χ1) is 10.1. The van der Waals surface area contributed by atoms with Crippen LogP contribution in [0.1, 0.15) is 46.5 Å². The maximum atomic E-state index is 4.46. The van der Waals surface area contributed by atoms with Crippen LogP contribution in [0.2, 0.25) is 0 Å². The largest absolute Gasteiger partial charge is 0.381 e. The van der Waals surface area contributed by atoms with E-state index < -0.39 is 0 Å². The van der Waals surface area contributed by atoms with Gasteiger partial charge in [0.2, 0.25) is 0 Å². The number of pyridine rings is 1. The minimum atomic E-state index is 0.362. The van der Waals surface area contributed by atoms with Gasteiger partial charge in [0.1, 0.15) is 0 Å². The molecule has 0 spiro atoms. The van der Waals surface area contributed by atoms with Crippen LogP contribution in [0.15, 0.2) is 36.5 Å². The van der Waals surface area contributed by atoms with Crippen molar-refractivity contribution in [2.75, 3.05) is 5.32 Å². The molecule has 1 fully saturated rings. The molecule has 1 aliphatic carbocycles. The molecule has 0 bridgehead atoms. The average molecular weight is 282 g/mol. The van der Waals surface area contributed by atoms with Gasteiger partial charge in [0.15, 0.2) is 0 Å². The molecule has 0 amide bonds. The van der Waals surface area contributed by atoms with Crippen LogP contribution in [-0.4, -0.2) is 11.0 Å². The molecular weight excluding hydrogens is 256 g/mol. The van der Waals surface area contributed by atoms with Crippen molar-refractivity contribution in [2.24, 2.45) is 11.3 Å². The third kappa shape index (κ3) is 3.04. The summed E-state index contributed by atoms with van der Waals surface area (Å²) in [4.78, 5) is 4.46. The molecule has 2 unspecified atom stereocenters. The van der Waals surface area contributed by atoms with E-state index in [2.05, 4.69) is 55.3 Å². The Morgan fingerprint density at radius 1 is 1.05 bits per heavy atom. The molecule has 2 heteroatoms. The fraction of sp³-hybridized carbons (Fsp3) is 0.526. The van der Waals surface area contributed by atoms with E-state index in [4.69, 9.17) is 0 Å². The number of hydrogen-bond acceptors (Lipinski definition) is 2. The molecule has 0 aliphatic heterocycles. The zero-order valence-corrected chi connectivity index (χ0v) is 13.4. The van der Waals surface area contributed by atoms with Crippen molar-refractivity contribution >= 4 is 16.6 Å². The van der Waals surface area contributed by atoms with Gasteiger partial charge in [-0.1, -0.05) is 39.7 Å². The van der Waals surface area contributed by atoms with Gasteiger partial charge in [-0.25, -0.2) is 0 Å². The van der Waals surface area contributed by atoms with Crippen LogP contribution in [0.4, 0.5) is 5.69 Å². The molecule has 21 heavy (non-hydrogen) atoms. The van der Waals surface area contributed by atoms with Crippen molar-refractivity contribution < 1.29 is 0 Å². The number of aromatic nitrogens is 1. The number of anilines is 1. The van der Waals surface area contributed by atoms with Crippen molar-refractivity contribution in [3.05, 3.63) is 36.5 Å². The van der Waals surface area contributed by atoms with Crippen LogP contribution in [0.5, 0.6) is 0 Å². The van der Waals surface area contributed by atoms with Crippen LogP contribution < -0.4 is 5.32 Å². The smallest absolute Gasteiger partial charge is 0.0722 e. The highest BCUT2D eigenvalue weighted by Gasteiger charge is 2.34. The van der Waals surface area contributed by atoms with E-state index in [9.17, 15) is 0 Å². The minimum absolute atomic E-state index is 0.362. The van der Waals surface area contributed by atoms with Crippen LogP contribution in [0.3, 0.4) is 0 Å². The van der Waals surface area contributed by atoms with Crippen LogP contribution in [0, 0.1) is 11.3 Å². The predicted molar refractivity (Wildman–Crippen MR) is 90.6 cm³/mol. The van der Waals surface area contributed by atoms with Gasteiger partial charge < -0.3 is 5.32 Å². The Labute approximate surface area is 128 Å². The lowest BCUT2D eigenvalue weighted by Gasteiger charge is -2.41. The fourth-order valence-corrected chi connectivity index (χ4v) is 3.77. The molecular formula is C19H26N2. The Balaban J connectivity index is 1.90. The van der Waals surface area contributed by atoms with E-state index >= 15 is 0 Å². The Morgan fingerprint density at radius 2 is 1.86 bits per heavy atom. The summed E-state index contributed by atoms with van der Waals surface area (Å²) >= 11 is 0. The SMILES string of the molecule is CC(C)(C)C1CCCCC1Nc1cccc2ncccc12. The molecule has 2 aromatic rings. The summed E-state index contributed by atoms with van der Waals surface area (Å²) in [5, 5.41) is 5.07. The Hall–Kier alpha value is -1.57. The molecule has 2 atom stereocenters. The Kier molecular flexibility index (Phi) is 3.88. The third-order valence-corrected chi connectivity index (χ3v) is 4.86. The highest BCUT2D eigenvalue weighted by Crippen LogP contribution is 2.39. The first-order valence-corrected chi connectivity index (χ1v) is 8.16. The van der Waals surface area contributed by atoms with Crippen molar-refractivity contribution in [1.82, 2.24) is 4.98 Å². The molecule has 1 aromatic heterocycles. The van der Waals surface area contributed by atoms with Gasteiger partial charge >= 0.3 is 0 Å². The summed E-state index contributed by atoms with van der Waals surface area (Å²) in [6.45, 7) is 7.13. The number of rotatable bonds is 2. The van der Waals surface area contributed by atoms with Crippen molar-refractivity contribution in [1.29, 1.82) is 0 Å². The van der Waals surface area contributed by atoms with Crippen molar-refractivity contribution in [3.8, 4) is 0 Å². The van der Waals surface area contributed by atoms with E-state index in [0.29, 0.717) is 11.5 Å². The maximum absolute atomic E-state index is 4.46. The lowest BCUT2D eigenvalue weighted by atomic mass is 9.69. The topological polar surface area (TPSA) is 24.9 Å². The standard InChI is InChI=1S/C19H26N2/c1-19(2,3)15-9-4-5-10-18(15)21-17-12-6-11-16-14(17)8-7-13-20-16/h6-8,11-13,15,18,21H,4-5,9-10H2,1-3H3. The summed E-state index contributed by atoms with van der Waals surface area (Å²) in [6, 6.07) is 11.1. The number of nitrogens with one attached hydrogen (secondary N) is 1. The molecule has 1 aromatic carbocycles. The van der Waals surface area contributed by atoms with E-state index in [0.717, 1.165) is 11.4 Å². The van der Waals surface area contributed by atoms with Gasteiger partial charge in [0, 0.05) is 23.3 Å². The lowest BCUT2D eigenvalue weighted by molar-refractivity contribution is 0.163.